The van der Waals surface area contributed by atoms with Crippen LogP contribution in [0, 0.1) is 0 Å². The van der Waals surface area contributed by atoms with Crippen molar-refractivity contribution in [1.29, 1.82) is 0 Å². The van der Waals surface area contributed by atoms with Crippen LogP contribution in [0.1, 0.15) is 0 Å². The molecule has 0 saturated carbocycles. The van der Waals surface area contributed by atoms with Gasteiger partial charge in [-0.1, -0.05) is 18.2 Å². The number of anilines is 2. The number of para-hydroxylation sites is 1. The second-order valence-electron chi connectivity index (χ2n) is 5.18. The zero-order valence-electron chi connectivity index (χ0n) is 12.1. The van der Waals surface area contributed by atoms with Crippen LogP contribution in [0.3, 0.4) is 0 Å². The molecule has 2 aromatic heterocycles. The van der Waals surface area contributed by atoms with Gasteiger partial charge >= 0.3 is 0 Å². The Morgan fingerprint density at radius 1 is 0.909 bits per heavy atom. The largest absolute Gasteiger partial charge is 0.353 e. The number of benzene rings is 2. The van der Waals surface area contributed by atoms with E-state index in [1.165, 1.54) is 0 Å². The lowest BCUT2D eigenvalue weighted by atomic mass is 10.2. The summed E-state index contributed by atoms with van der Waals surface area (Å²) >= 11 is 0. The van der Waals surface area contributed by atoms with Crippen LogP contribution in [0.25, 0.3) is 16.6 Å². The van der Waals surface area contributed by atoms with E-state index in [4.69, 9.17) is 0 Å². The second-order valence-corrected chi connectivity index (χ2v) is 5.18. The highest BCUT2D eigenvalue weighted by Crippen LogP contribution is 2.22. The van der Waals surface area contributed by atoms with Crippen LogP contribution >= 0.6 is 0 Å². The lowest BCUT2D eigenvalue weighted by Crippen LogP contribution is -1.93. The number of nitrogens with zero attached hydrogens (tertiary/aromatic N) is 4. The summed E-state index contributed by atoms with van der Waals surface area (Å²) < 4.78 is 3.72. The van der Waals surface area contributed by atoms with Crippen molar-refractivity contribution in [2.75, 3.05) is 5.32 Å². The maximum Gasteiger partial charge on any atom is 0.0775 e. The van der Waals surface area contributed by atoms with Crippen LogP contribution in [0.4, 0.5) is 11.4 Å². The first kappa shape index (κ1) is 12.6. The maximum atomic E-state index is 4.39. The van der Waals surface area contributed by atoms with E-state index in [-0.39, 0.29) is 0 Å². The fraction of sp³-hybridized carbons (Fsp3) is 0.0588. The number of nitrogens with one attached hydrogen (secondary N) is 1. The molecule has 0 saturated heterocycles. The van der Waals surface area contributed by atoms with Gasteiger partial charge in [-0.2, -0.15) is 10.2 Å². The smallest absolute Gasteiger partial charge is 0.0775 e. The normalized spacial score (nSPS) is 11.0. The molecule has 0 radical (unpaired) electrons. The van der Waals surface area contributed by atoms with E-state index >= 15 is 0 Å². The van der Waals surface area contributed by atoms with Gasteiger partial charge in [0.2, 0.25) is 0 Å². The topological polar surface area (TPSA) is 47.7 Å². The van der Waals surface area contributed by atoms with Gasteiger partial charge in [-0.25, -0.2) is 4.68 Å². The third kappa shape index (κ3) is 2.22. The summed E-state index contributed by atoms with van der Waals surface area (Å²) in [5, 5.41) is 13.2. The van der Waals surface area contributed by atoms with E-state index in [2.05, 4.69) is 27.6 Å². The van der Waals surface area contributed by atoms with Crippen molar-refractivity contribution >= 4 is 22.3 Å². The Morgan fingerprint density at radius 3 is 2.64 bits per heavy atom. The average Bonchev–Trinajstić information content (AvgIpc) is 3.16. The van der Waals surface area contributed by atoms with Crippen LogP contribution in [-0.2, 0) is 7.05 Å². The van der Waals surface area contributed by atoms with Gasteiger partial charge < -0.3 is 5.32 Å². The summed E-state index contributed by atoms with van der Waals surface area (Å²) in [6, 6.07) is 16.2. The lowest BCUT2D eigenvalue weighted by molar-refractivity contribution is 0.797. The minimum Gasteiger partial charge on any atom is -0.353 e. The molecule has 0 aliphatic heterocycles. The molecule has 5 heteroatoms. The van der Waals surface area contributed by atoms with E-state index in [1.54, 1.807) is 0 Å². The number of hydrogen-bond acceptors (Lipinski definition) is 3. The zero-order valence-corrected chi connectivity index (χ0v) is 12.1. The SMILES string of the molecule is Cn1ncc2ccc(Nc3cnn(-c4ccccc4)c3)cc21. The quantitative estimate of drug-likeness (QED) is 0.628. The Bertz CT molecular complexity index is 921. The molecular formula is C17H15N5. The minimum absolute atomic E-state index is 0.949. The number of hydrogen-bond donors (Lipinski definition) is 1. The summed E-state index contributed by atoms with van der Waals surface area (Å²) in [5.74, 6) is 0. The van der Waals surface area contributed by atoms with E-state index in [1.807, 2.05) is 71.4 Å². The molecule has 0 atom stereocenters. The Hall–Kier alpha value is -3.08. The molecule has 0 amide bonds. The first-order chi connectivity index (χ1) is 10.8. The summed E-state index contributed by atoms with van der Waals surface area (Å²) in [5.41, 5.74) is 4.10. The predicted molar refractivity (Wildman–Crippen MR) is 87.6 cm³/mol. The molecule has 0 unspecified atom stereocenters. The summed E-state index contributed by atoms with van der Waals surface area (Å²) in [7, 11) is 1.94. The van der Waals surface area contributed by atoms with Crippen LogP contribution in [0.5, 0.6) is 0 Å². The molecule has 4 aromatic rings. The molecule has 2 aromatic carbocycles. The van der Waals surface area contributed by atoms with Gasteiger partial charge in [-0.15, -0.1) is 0 Å². The van der Waals surface area contributed by atoms with Crippen molar-refractivity contribution in [3.63, 3.8) is 0 Å². The summed E-state index contributed by atoms with van der Waals surface area (Å²) in [6.07, 6.45) is 5.66. The second kappa shape index (κ2) is 5.04. The molecule has 4 rings (SSSR count). The number of rotatable bonds is 3. The van der Waals surface area contributed by atoms with Gasteiger partial charge in [0.25, 0.3) is 0 Å². The molecule has 1 N–H and O–H groups in total. The fourth-order valence-corrected chi connectivity index (χ4v) is 2.50. The van der Waals surface area contributed by atoms with Gasteiger partial charge in [-0.3, -0.25) is 4.68 Å². The van der Waals surface area contributed by atoms with Gasteiger partial charge in [-0.05, 0) is 30.3 Å². The number of aryl methyl sites for hydroxylation is 1. The van der Waals surface area contributed by atoms with E-state index < -0.39 is 0 Å². The molecule has 108 valence electrons. The lowest BCUT2D eigenvalue weighted by Gasteiger charge is -2.04. The summed E-state index contributed by atoms with van der Waals surface area (Å²) in [4.78, 5) is 0. The predicted octanol–water partition coefficient (Wildman–Crippen LogP) is 3.50. The minimum atomic E-state index is 0.949. The van der Waals surface area contributed by atoms with Crippen molar-refractivity contribution in [2.24, 2.45) is 7.05 Å². The fourth-order valence-electron chi connectivity index (χ4n) is 2.50. The maximum absolute atomic E-state index is 4.39. The first-order valence-corrected chi connectivity index (χ1v) is 7.08. The third-order valence-corrected chi connectivity index (χ3v) is 3.64. The summed E-state index contributed by atoms with van der Waals surface area (Å²) in [6.45, 7) is 0. The van der Waals surface area contributed by atoms with Crippen molar-refractivity contribution in [1.82, 2.24) is 19.6 Å². The number of fused-ring (bicyclic) bond motifs is 1. The Balaban J connectivity index is 1.62. The van der Waals surface area contributed by atoms with Crippen LogP contribution in [0.2, 0.25) is 0 Å². The van der Waals surface area contributed by atoms with Gasteiger partial charge in [0.15, 0.2) is 0 Å². The van der Waals surface area contributed by atoms with Crippen LogP contribution < -0.4 is 5.32 Å². The molecule has 0 bridgehead atoms. The van der Waals surface area contributed by atoms with Crippen molar-refractivity contribution < 1.29 is 0 Å². The monoisotopic (exact) mass is 289 g/mol. The van der Waals surface area contributed by atoms with Crippen LogP contribution in [0.15, 0.2) is 67.1 Å². The third-order valence-electron chi connectivity index (χ3n) is 3.64. The first-order valence-electron chi connectivity index (χ1n) is 7.08. The molecule has 22 heavy (non-hydrogen) atoms. The standard InChI is InChI=1S/C17H15N5/c1-21-17-9-14(8-7-13(17)10-18-21)20-15-11-19-22(12-15)16-5-3-2-4-6-16/h2-12,20H,1H3. The highest BCUT2D eigenvalue weighted by Gasteiger charge is 2.04. The molecule has 0 fully saturated rings. The Morgan fingerprint density at radius 2 is 1.77 bits per heavy atom. The zero-order chi connectivity index (χ0) is 14.9. The van der Waals surface area contributed by atoms with Crippen molar-refractivity contribution in [3.8, 4) is 5.69 Å². The molecule has 0 aliphatic rings. The Labute approximate surface area is 127 Å². The molecule has 0 spiro atoms. The van der Waals surface area contributed by atoms with E-state index in [0.29, 0.717) is 0 Å². The van der Waals surface area contributed by atoms with E-state index in [9.17, 15) is 0 Å². The number of aromatic nitrogens is 4. The molecule has 5 nitrogen and oxygen atoms in total. The van der Waals surface area contributed by atoms with E-state index in [0.717, 1.165) is 28.0 Å². The van der Waals surface area contributed by atoms with Crippen molar-refractivity contribution in [2.45, 2.75) is 0 Å². The molecule has 0 aliphatic carbocycles. The highest BCUT2D eigenvalue weighted by molar-refractivity contribution is 5.83. The molecule has 2 heterocycles. The van der Waals surface area contributed by atoms with Gasteiger partial charge in [0.1, 0.15) is 0 Å². The highest BCUT2D eigenvalue weighted by atomic mass is 15.3. The van der Waals surface area contributed by atoms with Crippen LogP contribution in [-0.4, -0.2) is 19.6 Å². The Kier molecular flexibility index (Phi) is 2.89. The van der Waals surface area contributed by atoms with Gasteiger partial charge in [0.05, 0.1) is 35.5 Å². The average molecular weight is 289 g/mol. The van der Waals surface area contributed by atoms with Crippen molar-refractivity contribution in [3.05, 3.63) is 67.1 Å². The molecular weight excluding hydrogens is 274 g/mol. The van der Waals surface area contributed by atoms with Gasteiger partial charge in [0, 0.05) is 18.1 Å².